The van der Waals surface area contributed by atoms with Crippen LogP contribution in [-0.2, 0) is 51.9 Å². The molecule has 0 radical (unpaired) electrons. The second kappa shape index (κ2) is 14.6. The number of phenolic OH excluding ortho intramolecular Hbond substituents is 4. The molecule has 4 aromatic carbocycles. The first-order valence-corrected chi connectivity index (χ1v) is 14.6. The van der Waals surface area contributed by atoms with E-state index in [1.54, 1.807) is 48.5 Å². The van der Waals surface area contributed by atoms with E-state index in [9.17, 15) is 20.4 Å². The Hall–Kier alpha value is -6.68. The van der Waals surface area contributed by atoms with Crippen LogP contribution in [0.4, 0.5) is 0 Å². The fourth-order valence-corrected chi connectivity index (χ4v) is 6.05. The van der Waals surface area contributed by atoms with E-state index in [0.29, 0.717) is 66.8 Å². The molecule has 0 saturated carbocycles. The second-order valence-corrected chi connectivity index (χ2v) is 11.3. The number of hydrogen-bond donors (Lipinski definition) is 4. The van der Waals surface area contributed by atoms with Crippen LogP contribution in [0.3, 0.4) is 0 Å². The smallest absolute Gasteiger partial charge is 0.122 e. The molecule has 5 rings (SSSR count). The van der Waals surface area contributed by atoms with E-state index in [4.69, 9.17) is 22.1 Å². The van der Waals surface area contributed by atoms with E-state index < -0.39 is 0 Å². The van der Waals surface area contributed by atoms with Gasteiger partial charge in [-0.25, -0.2) is 0 Å². The minimum Gasteiger partial charge on any atom is -0.507 e. The molecule has 0 unspecified atom stereocenters. The lowest BCUT2D eigenvalue weighted by Crippen LogP contribution is -2.04. The van der Waals surface area contributed by atoms with Crippen molar-refractivity contribution >= 4 is 0 Å². The average molecular weight is 645 g/mol. The van der Waals surface area contributed by atoms with Crippen molar-refractivity contribution in [2.75, 3.05) is 0 Å². The number of phenols is 4. The van der Waals surface area contributed by atoms with Crippen LogP contribution < -0.4 is 0 Å². The third kappa shape index (κ3) is 7.24. The first-order valence-electron chi connectivity index (χ1n) is 14.6. The SMILES string of the molecule is [N-]=[N+]=NCc1cc2c(O)c(c1)Cc1cc(CN=[N+]=[N-])cc(c1O)Cc1cc(CN=[N+]=[N-])cc(c1O)Cc1cc(CN=[N+]=[N-])cc(c1O)C2. The first-order chi connectivity index (χ1) is 23.2. The highest BCUT2D eigenvalue weighted by molar-refractivity contribution is 5.57. The summed E-state index contributed by atoms with van der Waals surface area (Å²) < 4.78 is 0. The molecule has 16 nitrogen and oxygen atoms in total. The van der Waals surface area contributed by atoms with E-state index in [0.717, 1.165) is 0 Å². The van der Waals surface area contributed by atoms with Crippen LogP contribution >= 0.6 is 0 Å². The van der Waals surface area contributed by atoms with Crippen molar-refractivity contribution in [3.05, 3.63) is 157 Å². The van der Waals surface area contributed by atoms with Gasteiger partial charge in [0.1, 0.15) is 23.0 Å². The van der Waals surface area contributed by atoms with Gasteiger partial charge in [-0.3, -0.25) is 0 Å². The Morgan fingerprint density at radius 2 is 0.542 bits per heavy atom. The maximum Gasteiger partial charge on any atom is 0.122 e. The van der Waals surface area contributed by atoms with Crippen LogP contribution in [0.2, 0.25) is 0 Å². The number of fused-ring (bicyclic) bond motifs is 8. The third-order valence-electron chi connectivity index (χ3n) is 8.10. The van der Waals surface area contributed by atoms with Crippen molar-refractivity contribution in [1.29, 1.82) is 0 Å². The molecule has 0 spiro atoms. The van der Waals surface area contributed by atoms with Gasteiger partial charge in [-0.2, -0.15) is 0 Å². The molecule has 1 aliphatic rings. The molecule has 0 fully saturated rings. The van der Waals surface area contributed by atoms with Crippen LogP contribution in [-0.4, -0.2) is 20.4 Å². The Kier molecular flexibility index (Phi) is 9.95. The van der Waals surface area contributed by atoms with Gasteiger partial charge < -0.3 is 20.4 Å². The molecule has 4 aromatic rings. The van der Waals surface area contributed by atoms with Crippen molar-refractivity contribution in [3.8, 4) is 23.0 Å². The van der Waals surface area contributed by atoms with Gasteiger partial charge >= 0.3 is 0 Å². The largest absolute Gasteiger partial charge is 0.507 e. The minimum atomic E-state index is -0.0971. The van der Waals surface area contributed by atoms with E-state index in [-0.39, 0.29) is 74.9 Å². The number of aromatic hydroxyl groups is 4. The molecule has 0 aromatic heterocycles. The lowest BCUT2D eigenvalue weighted by Gasteiger charge is -2.20. The Labute approximate surface area is 272 Å². The van der Waals surface area contributed by atoms with E-state index >= 15 is 0 Å². The standard InChI is InChI=1S/C32H28N12O4/c33-41-37-13-17-1-21-9-23-3-18(14-38-42-34)4-25(30(23)46)11-26-7-20(16-40-44-36)8-28(32(26)48)12-27-6-19(15-39-43-35)5-24(31(27)47)10-22(2-17)29(21)45/h1-8,45-48H,9-16H2. The molecule has 4 N–H and O–H groups in total. The fraction of sp³-hybridized carbons (Fsp3) is 0.250. The van der Waals surface area contributed by atoms with Crippen molar-refractivity contribution in [2.24, 2.45) is 20.5 Å². The monoisotopic (exact) mass is 644 g/mol. The van der Waals surface area contributed by atoms with Gasteiger partial charge in [0.05, 0.1) is 26.2 Å². The molecule has 0 saturated heterocycles. The zero-order valence-electron chi connectivity index (χ0n) is 25.4. The molecule has 1 aliphatic carbocycles. The van der Waals surface area contributed by atoms with E-state index in [1.165, 1.54) is 0 Å². The highest BCUT2D eigenvalue weighted by Crippen LogP contribution is 2.39. The average Bonchev–Trinajstić information content (AvgIpc) is 3.07. The summed E-state index contributed by atoms with van der Waals surface area (Å²) in [5, 5.41) is 60.9. The summed E-state index contributed by atoms with van der Waals surface area (Å²) in [6.07, 6.45) is 0.0881. The van der Waals surface area contributed by atoms with Crippen molar-refractivity contribution < 1.29 is 20.4 Å². The van der Waals surface area contributed by atoms with Crippen LogP contribution in [0, 0.1) is 0 Å². The summed E-state index contributed by atoms with van der Waals surface area (Å²) >= 11 is 0. The van der Waals surface area contributed by atoms with Crippen molar-refractivity contribution in [3.63, 3.8) is 0 Å². The Morgan fingerprint density at radius 3 is 0.688 bits per heavy atom. The van der Waals surface area contributed by atoms with E-state index in [2.05, 4.69) is 40.1 Å². The van der Waals surface area contributed by atoms with Gasteiger partial charge in [-0.1, -0.05) is 69.0 Å². The van der Waals surface area contributed by atoms with Gasteiger partial charge in [0, 0.05) is 45.3 Å². The normalized spacial score (nSPS) is 11.7. The molecular weight excluding hydrogens is 616 g/mol. The summed E-state index contributed by atoms with van der Waals surface area (Å²) in [6, 6.07) is 13.3. The van der Waals surface area contributed by atoms with Crippen molar-refractivity contribution in [1.82, 2.24) is 0 Å². The predicted molar refractivity (Wildman–Crippen MR) is 175 cm³/mol. The number of hydrogen-bond acceptors (Lipinski definition) is 8. The number of rotatable bonds is 8. The molecule has 16 heteroatoms. The van der Waals surface area contributed by atoms with Crippen LogP contribution in [0.25, 0.3) is 41.8 Å². The molecule has 240 valence electrons. The topological polar surface area (TPSA) is 276 Å². The zero-order valence-corrected chi connectivity index (χ0v) is 25.4. The quantitative estimate of drug-likeness (QED) is 0.0734. The predicted octanol–water partition coefficient (Wildman–Crippen LogP) is 8.43. The number of benzene rings is 4. The first kappa shape index (κ1) is 32.7. The second-order valence-electron chi connectivity index (χ2n) is 11.3. The summed E-state index contributed by atoms with van der Waals surface area (Å²) in [6.45, 7) is -0.0905. The highest BCUT2D eigenvalue weighted by atomic mass is 16.3. The molecule has 0 atom stereocenters. The lowest BCUT2D eigenvalue weighted by molar-refractivity contribution is 0.450. The van der Waals surface area contributed by atoms with Crippen LogP contribution in [0.15, 0.2) is 69.0 Å². The Balaban J connectivity index is 1.82. The van der Waals surface area contributed by atoms with Crippen LogP contribution in [0.5, 0.6) is 23.0 Å². The molecular formula is C32H28N12O4. The van der Waals surface area contributed by atoms with Gasteiger partial charge in [0.15, 0.2) is 0 Å². The third-order valence-corrected chi connectivity index (χ3v) is 8.10. The maximum atomic E-state index is 11.5. The lowest BCUT2D eigenvalue weighted by atomic mass is 9.88. The molecule has 8 bridgehead atoms. The van der Waals surface area contributed by atoms with Gasteiger partial charge in [0.25, 0.3) is 0 Å². The summed E-state index contributed by atoms with van der Waals surface area (Å²) in [5.74, 6) is -0.388. The summed E-state index contributed by atoms with van der Waals surface area (Å²) in [5.41, 5.74) is 41.4. The summed E-state index contributed by atoms with van der Waals surface area (Å²) in [4.78, 5) is 11.4. The molecule has 0 aliphatic heterocycles. The molecule has 0 heterocycles. The fourth-order valence-electron chi connectivity index (χ4n) is 6.05. The highest BCUT2D eigenvalue weighted by Gasteiger charge is 2.21. The summed E-state index contributed by atoms with van der Waals surface area (Å²) in [7, 11) is 0. The van der Waals surface area contributed by atoms with E-state index in [1.807, 2.05) is 0 Å². The van der Waals surface area contributed by atoms with Gasteiger partial charge in [0.2, 0.25) is 0 Å². The Bertz CT molecular complexity index is 1730. The Morgan fingerprint density at radius 1 is 0.375 bits per heavy atom. The van der Waals surface area contributed by atoms with Gasteiger partial charge in [-0.15, -0.1) is 0 Å². The molecule has 0 amide bonds. The number of azide groups is 4. The molecule has 48 heavy (non-hydrogen) atoms. The zero-order chi connectivity index (χ0) is 34.2. The number of nitrogens with zero attached hydrogens (tertiary/aromatic N) is 12. The van der Waals surface area contributed by atoms with Crippen molar-refractivity contribution in [2.45, 2.75) is 51.9 Å². The van der Waals surface area contributed by atoms with Gasteiger partial charge in [-0.05, 0) is 88.9 Å². The minimum absolute atomic E-state index is 0.0220. The maximum absolute atomic E-state index is 11.5. The van der Waals surface area contributed by atoms with Crippen LogP contribution in [0.1, 0.15) is 66.8 Å².